The Balaban J connectivity index is 1.22. The molecule has 3 aliphatic heterocycles. The number of benzene rings is 2. The second-order valence-electron chi connectivity index (χ2n) is 12.4. The van der Waals surface area contributed by atoms with Crippen molar-refractivity contribution >= 4 is 25.8 Å². The Bertz CT molecular complexity index is 1180. The van der Waals surface area contributed by atoms with Crippen molar-refractivity contribution in [3.05, 3.63) is 53.8 Å². The molecule has 0 bridgehead atoms. The SMILES string of the molecule is CC(C)(C)[Si](C)(C)OC[C@@H]1O[C@@H]1COc1cc(N2CC3(COC3)C2)c(F)cc1NC(=O)OCc1ccccc1. The van der Waals surface area contributed by atoms with Crippen LogP contribution in [0.1, 0.15) is 26.3 Å². The molecule has 0 saturated carbocycles. The van der Waals surface area contributed by atoms with E-state index in [9.17, 15) is 4.79 Å². The van der Waals surface area contributed by atoms with Crippen LogP contribution < -0.4 is 15.0 Å². The summed E-state index contributed by atoms with van der Waals surface area (Å²) >= 11 is 0. The smallest absolute Gasteiger partial charge is 0.412 e. The highest BCUT2D eigenvalue weighted by molar-refractivity contribution is 6.74. The molecule has 2 aromatic rings. The third kappa shape index (κ3) is 6.40. The minimum Gasteiger partial charge on any atom is -0.489 e. The molecule has 3 fully saturated rings. The van der Waals surface area contributed by atoms with Crippen molar-refractivity contribution in [2.45, 2.75) is 57.7 Å². The van der Waals surface area contributed by atoms with Crippen molar-refractivity contribution in [1.29, 1.82) is 0 Å². The van der Waals surface area contributed by atoms with E-state index in [0.29, 0.717) is 31.3 Å². The van der Waals surface area contributed by atoms with Crippen molar-refractivity contribution < 1.29 is 32.6 Å². The number of nitrogens with one attached hydrogen (secondary N) is 1. The van der Waals surface area contributed by atoms with Gasteiger partial charge in [0.25, 0.3) is 0 Å². The molecule has 39 heavy (non-hydrogen) atoms. The molecule has 3 heterocycles. The van der Waals surface area contributed by atoms with E-state index < -0.39 is 20.2 Å². The van der Waals surface area contributed by atoms with E-state index in [1.165, 1.54) is 6.07 Å². The lowest BCUT2D eigenvalue weighted by atomic mass is 9.77. The highest BCUT2D eigenvalue weighted by Crippen LogP contribution is 2.43. The molecule has 10 heteroatoms. The van der Waals surface area contributed by atoms with Gasteiger partial charge in [-0.1, -0.05) is 51.1 Å². The monoisotopic (exact) mass is 558 g/mol. The summed E-state index contributed by atoms with van der Waals surface area (Å²) in [5, 5.41) is 2.77. The number of nitrogens with zero attached hydrogens (tertiary/aromatic N) is 1. The van der Waals surface area contributed by atoms with E-state index >= 15 is 4.39 Å². The summed E-state index contributed by atoms with van der Waals surface area (Å²) in [5.74, 6) is -0.0624. The van der Waals surface area contributed by atoms with Crippen LogP contribution in [0.25, 0.3) is 0 Å². The van der Waals surface area contributed by atoms with Gasteiger partial charge in [-0.3, -0.25) is 5.32 Å². The molecule has 0 aromatic heterocycles. The number of hydrogen-bond acceptors (Lipinski definition) is 7. The Hall–Kier alpha value is -2.66. The maximum Gasteiger partial charge on any atom is 0.412 e. The summed E-state index contributed by atoms with van der Waals surface area (Å²) in [5.41, 5.74) is 1.64. The van der Waals surface area contributed by atoms with Crippen LogP contribution in [0.5, 0.6) is 5.75 Å². The summed E-state index contributed by atoms with van der Waals surface area (Å²) in [7, 11) is -1.88. The van der Waals surface area contributed by atoms with Crippen molar-refractivity contribution in [2.24, 2.45) is 5.41 Å². The fraction of sp³-hybridized carbons (Fsp3) is 0.552. The molecule has 0 unspecified atom stereocenters. The number of hydrogen-bond donors (Lipinski definition) is 1. The van der Waals surface area contributed by atoms with Crippen LogP contribution in [0, 0.1) is 11.2 Å². The second kappa shape index (κ2) is 10.7. The highest BCUT2D eigenvalue weighted by atomic mass is 28.4. The van der Waals surface area contributed by atoms with Crippen molar-refractivity contribution in [2.75, 3.05) is 49.7 Å². The standard InChI is InChI=1S/C29H39FN2O6Si/c1-28(2,3)39(4,5)37-15-26-25(38-26)14-35-24-12-23(32-16-29(17-32)18-34-19-29)21(30)11-22(24)31-27(33)36-13-20-9-7-6-8-10-20/h6-12,25-26H,13-19H2,1-5H3,(H,31,33)/t25-,26+/m1/s1. The third-order valence-corrected chi connectivity index (χ3v) is 12.7. The molecule has 2 aromatic carbocycles. The molecule has 0 radical (unpaired) electrons. The lowest BCUT2D eigenvalue weighted by Crippen LogP contribution is -2.66. The zero-order chi connectivity index (χ0) is 27.8. The van der Waals surface area contributed by atoms with Crippen LogP contribution >= 0.6 is 0 Å². The van der Waals surface area contributed by atoms with Gasteiger partial charge >= 0.3 is 6.09 Å². The highest BCUT2D eigenvalue weighted by Gasteiger charge is 2.50. The first-order valence-electron chi connectivity index (χ1n) is 13.5. The molecule has 1 spiro atoms. The number of epoxide rings is 1. The van der Waals surface area contributed by atoms with Gasteiger partial charge in [-0.2, -0.15) is 0 Å². The molecular weight excluding hydrogens is 519 g/mol. The molecule has 212 valence electrons. The predicted molar refractivity (Wildman–Crippen MR) is 149 cm³/mol. The van der Waals surface area contributed by atoms with Crippen LogP contribution in [0.15, 0.2) is 42.5 Å². The Labute approximate surface area is 230 Å². The van der Waals surface area contributed by atoms with Crippen LogP contribution in [-0.4, -0.2) is 66.1 Å². The Morgan fingerprint density at radius 2 is 1.82 bits per heavy atom. The number of anilines is 2. The summed E-state index contributed by atoms with van der Waals surface area (Å²) in [6, 6.07) is 12.3. The largest absolute Gasteiger partial charge is 0.489 e. The fourth-order valence-corrected chi connectivity index (χ4v) is 5.54. The first kappa shape index (κ1) is 27.9. The maximum atomic E-state index is 15.2. The molecule has 2 atom stereocenters. The third-order valence-electron chi connectivity index (χ3n) is 8.21. The van der Waals surface area contributed by atoms with Gasteiger partial charge < -0.3 is 28.3 Å². The van der Waals surface area contributed by atoms with Crippen LogP contribution in [0.3, 0.4) is 0 Å². The summed E-state index contributed by atoms with van der Waals surface area (Å²) in [6.45, 7) is 14.8. The Kier molecular flexibility index (Phi) is 7.67. The molecule has 1 amide bonds. The van der Waals surface area contributed by atoms with Gasteiger partial charge in [0.1, 0.15) is 37.0 Å². The Morgan fingerprint density at radius 3 is 2.46 bits per heavy atom. The van der Waals surface area contributed by atoms with Gasteiger partial charge in [-0.05, 0) is 23.7 Å². The second-order valence-corrected chi connectivity index (χ2v) is 17.2. The van der Waals surface area contributed by atoms with E-state index in [0.717, 1.165) is 18.7 Å². The normalized spacial score (nSPS) is 21.6. The summed E-state index contributed by atoms with van der Waals surface area (Å²) in [4.78, 5) is 14.5. The van der Waals surface area contributed by atoms with Crippen molar-refractivity contribution in [1.82, 2.24) is 0 Å². The lowest BCUT2D eigenvalue weighted by Gasteiger charge is -2.56. The van der Waals surface area contributed by atoms with E-state index in [1.807, 2.05) is 35.2 Å². The minimum absolute atomic E-state index is 0.0415. The number of amides is 1. The summed E-state index contributed by atoms with van der Waals surface area (Å²) in [6.07, 6.45) is -0.852. The topological polar surface area (TPSA) is 81.8 Å². The Morgan fingerprint density at radius 1 is 1.13 bits per heavy atom. The molecule has 1 N–H and O–H groups in total. The van der Waals surface area contributed by atoms with Gasteiger partial charge in [0.05, 0.1) is 36.6 Å². The van der Waals surface area contributed by atoms with Gasteiger partial charge in [-0.15, -0.1) is 0 Å². The van der Waals surface area contributed by atoms with Crippen LogP contribution in [0.2, 0.25) is 18.1 Å². The van der Waals surface area contributed by atoms with Gasteiger partial charge in [-0.25, -0.2) is 9.18 Å². The zero-order valence-electron chi connectivity index (χ0n) is 23.4. The van der Waals surface area contributed by atoms with Gasteiger partial charge in [0, 0.05) is 25.2 Å². The quantitative estimate of drug-likeness (QED) is 0.301. The van der Waals surface area contributed by atoms with Gasteiger partial charge in [0.15, 0.2) is 8.32 Å². The first-order valence-corrected chi connectivity index (χ1v) is 16.4. The van der Waals surface area contributed by atoms with Crippen molar-refractivity contribution in [3.8, 4) is 5.75 Å². The van der Waals surface area contributed by atoms with E-state index in [-0.39, 0.29) is 41.6 Å². The average molecular weight is 559 g/mol. The predicted octanol–water partition coefficient (Wildman–Crippen LogP) is 5.58. The number of carbonyl (C=O) groups excluding carboxylic acids is 1. The zero-order valence-corrected chi connectivity index (χ0v) is 24.4. The maximum absolute atomic E-state index is 15.2. The fourth-order valence-electron chi connectivity index (χ4n) is 4.53. The van der Waals surface area contributed by atoms with E-state index in [4.69, 9.17) is 23.4 Å². The lowest BCUT2D eigenvalue weighted by molar-refractivity contribution is -0.127. The molecular formula is C29H39FN2O6Si. The first-order chi connectivity index (χ1) is 18.4. The molecule has 3 saturated heterocycles. The average Bonchev–Trinajstić information content (AvgIpc) is 3.58. The van der Waals surface area contributed by atoms with E-state index in [2.05, 4.69) is 39.2 Å². The number of halogens is 1. The molecule has 0 aliphatic carbocycles. The molecule has 3 aliphatic rings. The van der Waals surface area contributed by atoms with Crippen LogP contribution in [0.4, 0.5) is 20.6 Å². The number of rotatable bonds is 10. The van der Waals surface area contributed by atoms with E-state index in [1.54, 1.807) is 6.07 Å². The molecule has 8 nitrogen and oxygen atoms in total. The summed E-state index contributed by atoms with van der Waals surface area (Å²) < 4.78 is 44.1. The van der Waals surface area contributed by atoms with Crippen molar-refractivity contribution in [3.63, 3.8) is 0 Å². The number of ether oxygens (including phenoxy) is 4. The van der Waals surface area contributed by atoms with Crippen LogP contribution in [-0.2, 0) is 25.2 Å². The number of carbonyl (C=O) groups is 1. The molecule has 5 rings (SSSR count). The minimum atomic E-state index is -1.88. The van der Waals surface area contributed by atoms with Gasteiger partial charge in [0.2, 0.25) is 0 Å².